The molecule has 1 amide bonds. The highest BCUT2D eigenvalue weighted by Crippen LogP contribution is 2.39. The molecule has 1 N–H and O–H groups in total. The number of nitrogens with zero attached hydrogens (tertiary/aromatic N) is 2. The molecule has 2 aromatic rings. The number of rotatable bonds is 4. The number of carbonyl (C=O) groups excluding carboxylic acids is 1. The molecule has 1 aliphatic heterocycles. The fourth-order valence-corrected chi connectivity index (χ4v) is 3.43. The van der Waals surface area contributed by atoms with Crippen molar-refractivity contribution in [1.29, 1.82) is 0 Å². The van der Waals surface area contributed by atoms with Crippen molar-refractivity contribution in [3.05, 3.63) is 52.6 Å². The first-order valence-electron chi connectivity index (χ1n) is 9.48. The zero-order chi connectivity index (χ0) is 22.3. The minimum Gasteiger partial charge on any atom is -0.350 e. The van der Waals surface area contributed by atoms with E-state index in [1.54, 1.807) is 4.57 Å². The molecular formula is C20H21F6N3O. The van der Waals surface area contributed by atoms with E-state index >= 15 is 0 Å². The Morgan fingerprint density at radius 2 is 1.73 bits per heavy atom. The zero-order valence-corrected chi connectivity index (χ0v) is 16.4. The van der Waals surface area contributed by atoms with E-state index in [-0.39, 0.29) is 35.7 Å². The Morgan fingerprint density at radius 3 is 2.27 bits per heavy atom. The molecule has 0 bridgehead atoms. The van der Waals surface area contributed by atoms with E-state index in [1.165, 1.54) is 6.20 Å². The quantitative estimate of drug-likeness (QED) is 0.687. The van der Waals surface area contributed by atoms with Gasteiger partial charge in [0.2, 0.25) is 0 Å². The first-order chi connectivity index (χ1) is 13.8. The molecule has 1 unspecified atom stereocenters. The van der Waals surface area contributed by atoms with Gasteiger partial charge >= 0.3 is 12.4 Å². The minimum atomic E-state index is -4.88. The maximum absolute atomic E-state index is 13.1. The number of aryl methyl sites for hydroxylation is 1. The molecule has 1 aliphatic rings. The van der Waals surface area contributed by atoms with Gasteiger partial charge in [0.25, 0.3) is 5.91 Å². The van der Waals surface area contributed by atoms with Gasteiger partial charge in [0.1, 0.15) is 11.5 Å². The van der Waals surface area contributed by atoms with Gasteiger partial charge in [-0.25, -0.2) is 4.98 Å². The van der Waals surface area contributed by atoms with Crippen LogP contribution in [-0.2, 0) is 25.3 Å². The van der Waals surface area contributed by atoms with Gasteiger partial charge in [-0.05, 0) is 36.1 Å². The summed E-state index contributed by atoms with van der Waals surface area (Å²) < 4.78 is 80.5. The van der Waals surface area contributed by atoms with Gasteiger partial charge in [-0.3, -0.25) is 4.79 Å². The van der Waals surface area contributed by atoms with E-state index in [0.717, 1.165) is 12.1 Å². The summed E-state index contributed by atoms with van der Waals surface area (Å²) in [5.74, 6) is -0.0782. The molecule has 0 spiro atoms. The van der Waals surface area contributed by atoms with Crippen molar-refractivity contribution < 1.29 is 31.1 Å². The monoisotopic (exact) mass is 433 g/mol. The Bertz CT molecular complexity index is 897. The van der Waals surface area contributed by atoms with E-state index in [2.05, 4.69) is 10.3 Å². The number of carbonyl (C=O) groups is 1. The molecule has 0 radical (unpaired) electrons. The number of benzene rings is 1. The van der Waals surface area contributed by atoms with Gasteiger partial charge in [-0.15, -0.1) is 0 Å². The lowest BCUT2D eigenvalue weighted by Crippen LogP contribution is -2.27. The number of fused-ring (bicyclic) bond motifs is 1. The van der Waals surface area contributed by atoms with Crippen molar-refractivity contribution >= 4 is 5.91 Å². The molecule has 0 aliphatic carbocycles. The van der Waals surface area contributed by atoms with Crippen molar-refractivity contribution in [3.63, 3.8) is 0 Å². The van der Waals surface area contributed by atoms with E-state index in [4.69, 9.17) is 0 Å². The molecule has 0 fully saturated rings. The maximum atomic E-state index is 13.1. The van der Waals surface area contributed by atoms with Gasteiger partial charge in [0.05, 0.1) is 11.1 Å². The minimum absolute atomic E-state index is 0.0256. The van der Waals surface area contributed by atoms with Crippen molar-refractivity contribution in [3.8, 4) is 0 Å². The number of aromatic nitrogens is 2. The number of hydrogen-bond acceptors (Lipinski definition) is 2. The summed E-state index contributed by atoms with van der Waals surface area (Å²) in [7, 11) is 0. The largest absolute Gasteiger partial charge is 0.416 e. The Hall–Kier alpha value is -2.52. The zero-order valence-electron chi connectivity index (χ0n) is 16.4. The summed E-state index contributed by atoms with van der Waals surface area (Å²) in [5, 5.41) is 2.73. The summed E-state index contributed by atoms with van der Waals surface area (Å²) >= 11 is 0. The molecular weight excluding hydrogens is 412 g/mol. The van der Waals surface area contributed by atoms with Crippen LogP contribution in [-0.4, -0.2) is 22.0 Å². The van der Waals surface area contributed by atoms with E-state index in [0.29, 0.717) is 25.2 Å². The normalized spacial score (nSPS) is 17.2. The fraction of sp³-hybridized carbons (Fsp3) is 0.500. The molecule has 0 saturated carbocycles. The number of amides is 1. The third-order valence-electron chi connectivity index (χ3n) is 4.98. The summed E-state index contributed by atoms with van der Waals surface area (Å²) in [6.07, 6.45) is -7.59. The summed E-state index contributed by atoms with van der Waals surface area (Å²) in [4.78, 5) is 16.5. The molecule has 164 valence electrons. The molecule has 0 saturated heterocycles. The number of alkyl halides is 6. The predicted molar refractivity (Wildman–Crippen MR) is 96.9 cm³/mol. The lowest BCUT2D eigenvalue weighted by Gasteiger charge is -2.25. The van der Waals surface area contributed by atoms with Gasteiger partial charge in [-0.1, -0.05) is 13.8 Å². The summed E-state index contributed by atoms with van der Waals surface area (Å²) in [6.45, 7) is 4.49. The highest BCUT2D eigenvalue weighted by Gasteiger charge is 2.38. The number of hydrogen-bond donors (Lipinski definition) is 1. The van der Waals surface area contributed by atoms with Crippen molar-refractivity contribution in [2.45, 2.75) is 51.5 Å². The fourth-order valence-electron chi connectivity index (χ4n) is 3.43. The first kappa shape index (κ1) is 22.2. The predicted octanol–water partition coefficient (Wildman–Crippen LogP) is 5.04. The van der Waals surface area contributed by atoms with Gasteiger partial charge in [0.15, 0.2) is 0 Å². The molecule has 4 nitrogen and oxygen atoms in total. The second-order valence-electron chi connectivity index (χ2n) is 7.87. The third kappa shape index (κ3) is 4.96. The van der Waals surface area contributed by atoms with Crippen LogP contribution in [0.5, 0.6) is 0 Å². The van der Waals surface area contributed by atoms with Crippen molar-refractivity contribution in [2.75, 3.05) is 6.54 Å². The molecule has 30 heavy (non-hydrogen) atoms. The lowest BCUT2D eigenvalue weighted by atomic mass is 9.89. The van der Waals surface area contributed by atoms with Gasteiger partial charge in [0, 0.05) is 31.6 Å². The van der Waals surface area contributed by atoms with E-state index in [1.807, 2.05) is 13.8 Å². The number of halogens is 6. The average molecular weight is 433 g/mol. The molecule has 1 atom stereocenters. The molecule has 1 aromatic heterocycles. The second-order valence-corrected chi connectivity index (χ2v) is 7.87. The molecule has 3 rings (SSSR count). The highest BCUT2D eigenvalue weighted by molar-refractivity contribution is 5.92. The Labute approximate surface area is 169 Å². The van der Waals surface area contributed by atoms with Gasteiger partial charge in [-0.2, -0.15) is 26.3 Å². The Kier molecular flexibility index (Phi) is 5.88. The molecule has 1 aromatic carbocycles. The van der Waals surface area contributed by atoms with Crippen LogP contribution in [0.25, 0.3) is 0 Å². The van der Waals surface area contributed by atoms with Crippen LogP contribution in [0.3, 0.4) is 0 Å². The topological polar surface area (TPSA) is 46.9 Å². The Morgan fingerprint density at radius 1 is 1.13 bits per heavy atom. The Balaban J connectivity index is 1.87. The standard InChI is InChI=1S/C20H21F6N3O/c1-11(2)8-27-18(30)16-10-29-9-12(3-4-17(29)28-16)13-5-14(19(21,22)23)7-15(6-13)20(24,25)26/h5-7,10-12H,3-4,8-9H2,1-2H3,(H,27,30). The van der Waals surface area contributed by atoms with E-state index in [9.17, 15) is 31.1 Å². The van der Waals surface area contributed by atoms with Crippen LogP contribution in [0, 0.1) is 5.92 Å². The van der Waals surface area contributed by atoms with E-state index < -0.39 is 29.4 Å². The van der Waals surface area contributed by atoms with Crippen molar-refractivity contribution in [2.24, 2.45) is 5.92 Å². The van der Waals surface area contributed by atoms with Crippen molar-refractivity contribution in [1.82, 2.24) is 14.9 Å². The SMILES string of the molecule is CC(C)CNC(=O)c1cn2c(n1)CCC(c1cc(C(F)(F)F)cc(C(F)(F)F)c1)C2. The molecule has 10 heteroatoms. The second kappa shape index (κ2) is 7.96. The summed E-state index contributed by atoms with van der Waals surface area (Å²) in [6, 6.07) is 1.68. The van der Waals surface area contributed by atoms with Crippen LogP contribution in [0.2, 0.25) is 0 Å². The van der Waals surface area contributed by atoms with Crippen LogP contribution in [0.4, 0.5) is 26.3 Å². The lowest BCUT2D eigenvalue weighted by molar-refractivity contribution is -0.143. The number of imidazole rings is 1. The van der Waals surface area contributed by atoms with Crippen LogP contribution in [0.15, 0.2) is 24.4 Å². The number of nitrogens with one attached hydrogen (secondary N) is 1. The first-order valence-corrected chi connectivity index (χ1v) is 9.48. The van der Waals surface area contributed by atoms with Gasteiger partial charge < -0.3 is 9.88 Å². The van der Waals surface area contributed by atoms with Crippen LogP contribution < -0.4 is 5.32 Å². The molecule has 2 heterocycles. The third-order valence-corrected chi connectivity index (χ3v) is 4.98. The summed E-state index contributed by atoms with van der Waals surface area (Å²) in [5.41, 5.74) is -2.48. The van der Waals surface area contributed by atoms with Crippen LogP contribution in [0.1, 0.15) is 59.2 Å². The highest BCUT2D eigenvalue weighted by atomic mass is 19.4. The van der Waals surface area contributed by atoms with Crippen LogP contribution >= 0.6 is 0 Å². The smallest absolute Gasteiger partial charge is 0.350 e. The maximum Gasteiger partial charge on any atom is 0.416 e. The average Bonchev–Trinajstić information content (AvgIpc) is 3.07.